The van der Waals surface area contributed by atoms with Gasteiger partial charge in [0, 0.05) is 36.8 Å². The number of likely N-dealkylation sites (N-methyl/N-ethyl adjacent to an activating group) is 1. The van der Waals surface area contributed by atoms with Crippen LogP contribution in [0.3, 0.4) is 0 Å². The van der Waals surface area contributed by atoms with Gasteiger partial charge < -0.3 is 9.64 Å². The predicted octanol–water partition coefficient (Wildman–Crippen LogP) is 2.63. The van der Waals surface area contributed by atoms with Crippen LogP contribution in [0.4, 0.5) is 0 Å². The number of esters is 1. The van der Waals surface area contributed by atoms with Crippen molar-refractivity contribution in [2.75, 3.05) is 14.2 Å². The van der Waals surface area contributed by atoms with Gasteiger partial charge in [0.1, 0.15) is 0 Å². The molecule has 0 aromatic carbocycles. The first kappa shape index (κ1) is 16.2. The van der Waals surface area contributed by atoms with Crippen molar-refractivity contribution in [1.29, 1.82) is 0 Å². The van der Waals surface area contributed by atoms with Crippen molar-refractivity contribution >= 4 is 23.2 Å². The van der Waals surface area contributed by atoms with Gasteiger partial charge in [-0.1, -0.05) is 6.07 Å². The van der Waals surface area contributed by atoms with E-state index in [-0.39, 0.29) is 17.5 Å². The highest BCUT2D eigenvalue weighted by molar-refractivity contribution is 7.09. The lowest BCUT2D eigenvalue weighted by molar-refractivity contribution is 0.0600. The Morgan fingerprint density at radius 1 is 1.36 bits per heavy atom. The van der Waals surface area contributed by atoms with Gasteiger partial charge in [0.15, 0.2) is 0 Å². The van der Waals surface area contributed by atoms with Gasteiger partial charge in [-0.2, -0.15) is 0 Å². The minimum atomic E-state index is -0.503. The molecule has 0 saturated heterocycles. The number of ether oxygens (including phenoxy) is 1. The second-order valence-corrected chi connectivity index (χ2v) is 6.03. The van der Waals surface area contributed by atoms with Crippen molar-refractivity contribution in [1.82, 2.24) is 9.88 Å². The molecule has 0 aliphatic heterocycles. The minimum absolute atomic E-state index is 0.0490. The summed E-state index contributed by atoms with van der Waals surface area (Å²) < 4.78 is 4.65. The number of hydrogen-bond donors (Lipinski definition) is 0. The standard InChI is InChI=1S/C16H18N2O3S/c1-11(7-14-5-4-6-22-14)18(2)15(19)12-8-13(10-17-9-12)16(20)21-3/h4-6,8-11H,7H2,1-3H3. The van der Waals surface area contributed by atoms with Crippen LogP contribution in [-0.4, -0.2) is 42.0 Å². The Morgan fingerprint density at radius 3 is 2.73 bits per heavy atom. The van der Waals surface area contributed by atoms with E-state index < -0.39 is 5.97 Å². The summed E-state index contributed by atoms with van der Waals surface area (Å²) in [6.45, 7) is 2.00. The third-order valence-electron chi connectivity index (χ3n) is 3.46. The van der Waals surface area contributed by atoms with E-state index in [0.29, 0.717) is 5.56 Å². The fourth-order valence-corrected chi connectivity index (χ4v) is 2.87. The number of carbonyl (C=O) groups is 2. The Hall–Kier alpha value is -2.21. The molecule has 1 atom stereocenters. The molecule has 2 rings (SSSR count). The van der Waals surface area contributed by atoms with Crippen molar-refractivity contribution in [2.45, 2.75) is 19.4 Å². The molecule has 2 aromatic heterocycles. The Kier molecular flexibility index (Phi) is 5.27. The number of pyridine rings is 1. The Balaban J connectivity index is 2.11. The second-order valence-electron chi connectivity index (χ2n) is 5.00. The van der Waals surface area contributed by atoms with Crippen LogP contribution in [-0.2, 0) is 11.2 Å². The summed E-state index contributed by atoms with van der Waals surface area (Å²) in [6, 6.07) is 5.61. The van der Waals surface area contributed by atoms with E-state index in [2.05, 4.69) is 15.8 Å². The average molecular weight is 318 g/mol. The maximum Gasteiger partial charge on any atom is 0.339 e. The van der Waals surface area contributed by atoms with Crippen LogP contribution < -0.4 is 0 Å². The van der Waals surface area contributed by atoms with Crippen LogP contribution >= 0.6 is 11.3 Å². The Bertz CT molecular complexity index is 655. The predicted molar refractivity (Wildman–Crippen MR) is 85.2 cm³/mol. The molecule has 22 heavy (non-hydrogen) atoms. The van der Waals surface area contributed by atoms with Crippen molar-refractivity contribution in [2.24, 2.45) is 0 Å². The fourth-order valence-electron chi connectivity index (χ4n) is 2.05. The molecule has 0 bridgehead atoms. The van der Waals surface area contributed by atoms with Crippen molar-refractivity contribution in [3.05, 3.63) is 52.0 Å². The molecular weight excluding hydrogens is 300 g/mol. The quantitative estimate of drug-likeness (QED) is 0.795. The van der Waals surface area contributed by atoms with Gasteiger partial charge >= 0.3 is 5.97 Å². The molecule has 2 aromatic rings. The zero-order chi connectivity index (χ0) is 16.1. The zero-order valence-electron chi connectivity index (χ0n) is 12.8. The van der Waals surface area contributed by atoms with Crippen molar-refractivity contribution in [3.8, 4) is 0 Å². The highest BCUT2D eigenvalue weighted by atomic mass is 32.1. The van der Waals surface area contributed by atoms with E-state index in [4.69, 9.17) is 0 Å². The summed E-state index contributed by atoms with van der Waals surface area (Å²) in [6.07, 6.45) is 3.64. The van der Waals surface area contributed by atoms with E-state index in [1.54, 1.807) is 23.3 Å². The Labute approximate surface area is 133 Å². The zero-order valence-corrected chi connectivity index (χ0v) is 13.6. The molecule has 6 heteroatoms. The first-order valence-corrected chi connectivity index (χ1v) is 7.73. The molecule has 116 valence electrons. The lowest BCUT2D eigenvalue weighted by Gasteiger charge is -2.24. The highest BCUT2D eigenvalue weighted by Crippen LogP contribution is 2.15. The molecule has 5 nitrogen and oxygen atoms in total. The molecule has 0 spiro atoms. The number of carbonyl (C=O) groups excluding carboxylic acids is 2. The molecule has 0 fully saturated rings. The second kappa shape index (κ2) is 7.17. The van der Waals surface area contributed by atoms with E-state index in [9.17, 15) is 9.59 Å². The smallest absolute Gasteiger partial charge is 0.339 e. The molecule has 0 aliphatic carbocycles. The molecule has 0 N–H and O–H groups in total. The van der Waals surface area contributed by atoms with Gasteiger partial charge in [0.05, 0.1) is 18.2 Å². The van der Waals surface area contributed by atoms with Crippen LogP contribution in [0.1, 0.15) is 32.5 Å². The van der Waals surface area contributed by atoms with Gasteiger partial charge in [-0.3, -0.25) is 9.78 Å². The van der Waals surface area contributed by atoms with Crippen LogP contribution in [0.5, 0.6) is 0 Å². The summed E-state index contributed by atoms with van der Waals surface area (Å²) in [5.41, 5.74) is 0.649. The molecule has 1 amide bonds. The SMILES string of the molecule is COC(=O)c1cncc(C(=O)N(C)C(C)Cc2cccs2)c1. The average Bonchev–Trinajstić information content (AvgIpc) is 3.05. The third kappa shape index (κ3) is 3.71. The van der Waals surface area contributed by atoms with Gasteiger partial charge in [-0.25, -0.2) is 4.79 Å². The van der Waals surface area contributed by atoms with Crippen LogP contribution in [0.2, 0.25) is 0 Å². The minimum Gasteiger partial charge on any atom is -0.465 e. The van der Waals surface area contributed by atoms with Gasteiger partial charge in [0.2, 0.25) is 0 Å². The first-order chi connectivity index (χ1) is 10.5. The lowest BCUT2D eigenvalue weighted by atomic mass is 10.1. The van der Waals surface area contributed by atoms with Crippen LogP contribution in [0, 0.1) is 0 Å². The molecular formula is C16H18N2O3S. The number of hydrogen-bond acceptors (Lipinski definition) is 5. The number of nitrogens with zero attached hydrogens (tertiary/aromatic N) is 2. The molecule has 0 radical (unpaired) electrons. The topological polar surface area (TPSA) is 59.5 Å². The van der Waals surface area contributed by atoms with Gasteiger partial charge in [-0.05, 0) is 24.4 Å². The summed E-state index contributed by atoms with van der Waals surface area (Å²) in [4.78, 5) is 30.9. The van der Waals surface area contributed by atoms with E-state index >= 15 is 0 Å². The monoisotopic (exact) mass is 318 g/mol. The summed E-state index contributed by atoms with van der Waals surface area (Å²) in [7, 11) is 3.05. The first-order valence-electron chi connectivity index (χ1n) is 6.86. The lowest BCUT2D eigenvalue weighted by Crippen LogP contribution is -2.36. The van der Waals surface area contributed by atoms with Gasteiger partial charge in [0.25, 0.3) is 5.91 Å². The number of rotatable bonds is 5. The molecule has 1 unspecified atom stereocenters. The number of aromatic nitrogens is 1. The number of amides is 1. The maximum absolute atomic E-state index is 12.5. The number of methoxy groups -OCH3 is 1. The van der Waals surface area contributed by atoms with E-state index in [1.165, 1.54) is 30.4 Å². The molecule has 2 heterocycles. The normalized spacial score (nSPS) is 11.8. The number of thiophene rings is 1. The van der Waals surface area contributed by atoms with Crippen LogP contribution in [0.25, 0.3) is 0 Å². The van der Waals surface area contributed by atoms with Gasteiger partial charge in [-0.15, -0.1) is 11.3 Å². The summed E-state index contributed by atoms with van der Waals surface area (Å²) in [5, 5.41) is 2.02. The Morgan fingerprint density at radius 2 is 2.09 bits per heavy atom. The van der Waals surface area contributed by atoms with E-state index in [1.807, 2.05) is 18.4 Å². The highest BCUT2D eigenvalue weighted by Gasteiger charge is 2.19. The van der Waals surface area contributed by atoms with Crippen molar-refractivity contribution < 1.29 is 14.3 Å². The fraction of sp³-hybridized carbons (Fsp3) is 0.312. The maximum atomic E-state index is 12.5. The molecule has 0 saturated carbocycles. The molecule has 0 aliphatic rings. The van der Waals surface area contributed by atoms with Crippen molar-refractivity contribution in [3.63, 3.8) is 0 Å². The van der Waals surface area contributed by atoms with Crippen LogP contribution in [0.15, 0.2) is 36.0 Å². The largest absolute Gasteiger partial charge is 0.465 e. The summed E-state index contributed by atoms with van der Waals surface area (Å²) in [5.74, 6) is -0.668. The van der Waals surface area contributed by atoms with E-state index in [0.717, 1.165) is 6.42 Å². The summed E-state index contributed by atoms with van der Waals surface area (Å²) >= 11 is 1.67. The third-order valence-corrected chi connectivity index (χ3v) is 4.36.